The molecule has 0 saturated carbocycles. The van der Waals surface area contributed by atoms with E-state index in [4.69, 9.17) is 5.11 Å². The van der Waals surface area contributed by atoms with E-state index in [0.717, 1.165) is 28.3 Å². The van der Waals surface area contributed by atoms with Crippen molar-refractivity contribution >= 4 is 45.0 Å². The van der Waals surface area contributed by atoms with Gasteiger partial charge in [-0.3, -0.25) is 0 Å². The molecule has 0 unspecified atom stereocenters. The van der Waals surface area contributed by atoms with Crippen molar-refractivity contribution < 1.29 is 9.90 Å². The zero-order valence-electron chi connectivity index (χ0n) is 10.9. The molecule has 0 saturated heterocycles. The Morgan fingerprint density at radius 3 is 2.90 bits per heavy atom. The van der Waals surface area contributed by atoms with Gasteiger partial charge in [0.25, 0.3) is 0 Å². The molecule has 1 heterocycles. The minimum absolute atomic E-state index is 0.791. The van der Waals surface area contributed by atoms with E-state index in [0.29, 0.717) is 0 Å². The van der Waals surface area contributed by atoms with Crippen molar-refractivity contribution in [2.45, 2.75) is 6.54 Å². The molecule has 0 aliphatic rings. The van der Waals surface area contributed by atoms with Crippen LogP contribution in [-0.2, 0) is 11.3 Å². The molecule has 0 fully saturated rings. The number of aliphatic carboxylic acids is 1. The molecule has 1 aromatic heterocycles. The number of rotatable bonds is 5. The molecule has 5 heteroatoms. The molecule has 0 atom stereocenters. The van der Waals surface area contributed by atoms with E-state index >= 15 is 0 Å². The Labute approximate surface area is 130 Å². The average molecular weight is 352 g/mol. The summed E-state index contributed by atoms with van der Waals surface area (Å²) in [6.07, 6.45) is 2.77. The lowest BCUT2D eigenvalue weighted by Crippen LogP contribution is -2.16. The van der Waals surface area contributed by atoms with E-state index < -0.39 is 5.97 Å². The molecule has 2 aromatic rings. The number of benzene rings is 1. The molecule has 0 bridgehead atoms. The topological polar surface area (TPSA) is 40.5 Å². The number of hydrogen-bond donors (Lipinski definition) is 1. The van der Waals surface area contributed by atoms with Crippen LogP contribution in [-0.4, -0.2) is 18.1 Å². The highest BCUT2D eigenvalue weighted by Gasteiger charge is 2.07. The summed E-state index contributed by atoms with van der Waals surface area (Å²) >= 11 is 5.09. The molecule has 0 radical (unpaired) electrons. The Kier molecular flexibility index (Phi) is 4.98. The highest BCUT2D eigenvalue weighted by Crippen LogP contribution is 2.26. The zero-order chi connectivity index (χ0) is 14.5. The summed E-state index contributed by atoms with van der Waals surface area (Å²) in [4.78, 5) is 12.8. The number of nitrogens with zero attached hydrogens (tertiary/aromatic N) is 1. The summed E-state index contributed by atoms with van der Waals surface area (Å²) in [5.41, 5.74) is 3.12. The highest BCUT2D eigenvalue weighted by atomic mass is 79.9. The van der Waals surface area contributed by atoms with Gasteiger partial charge in [0.1, 0.15) is 0 Å². The van der Waals surface area contributed by atoms with Gasteiger partial charge < -0.3 is 10.0 Å². The smallest absolute Gasteiger partial charge is 0.328 e. The quantitative estimate of drug-likeness (QED) is 0.818. The Balaban J connectivity index is 2.27. The third-order valence-corrected chi connectivity index (χ3v) is 4.03. The minimum Gasteiger partial charge on any atom is -0.478 e. The first-order chi connectivity index (χ1) is 9.56. The standard InChI is InChI=1S/C15H14BrNO2S/c1-17(9-11-6-7-20-10-11)14-4-3-13(16)8-12(14)2-5-15(18)19/h2-8,10H,9H2,1H3,(H,18,19)/b5-2+. The maximum Gasteiger partial charge on any atom is 0.328 e. The maximum atomic E-state index is 10.7. The zero-order valence-corrected chi connectivity index (χ0v) is 13.3. The normalized spacial score (nSPS) is 10.9. The van der Waals surface area contributed by atoms with Gasteiger partial charge in [0.2, 0.25) is 0 Å². The molecule has 0 aliphatic carbocycles. The summed E-state index contributed by atoms with van der Waals surface area (Å²) in [7, 11) is 2.00. The van der Waals surface area contributed by atoms with Crippen LogP contribution >= 0.6 is 27.3 Å². The molecule has 0 aliphatic heterocycles. The summed E-state index contributed by atoms with van der Waals surface area (Å²) in [6, 6.07) is 7.95. The van der Waals surface area contributed by atoms with Gasteiger partial charge in [0.05, 0.1) is 0 Å². The van der Waals surface area contributed by atoms with Crippen molar-refractivity contribution in [2.24, 2.45) is 0 Å². The Hall–Kier alpha value is -1.59. The molecular weight excluding hydrogens is 338 g/mol. The van der Waals surface area contributed by atoms with Crippen molar-refractivity contribution in [3.05, 3.63) is 56.7 Å². The predicted octanol–water partition coefficient (Wildman–Crippen LogP) is 4.24. The van der Waals surface area contributed by atoms with E-state index in [2.05, 4.69) is 37.7 Å². The van der Waals surface area contributed by atoms with Crippen LogP contribution in [0.3, 0.4) is 0 Å². The monoisotopic (exact) mass is 351 g/mol. The van der Waals surface area contributed by atoms with Crippen LogP contribution in [0.15, 0.2) is 45.6 Å². The highest BCUT2D eigenvalue weighted by molar-refractivity contribution is 9.10. The largest absolute Gasteiger partial charge is 0.478 e. The first-order valence-electron chi connectivity index (χ1n) is 5.99. The molecule has 104 valence electrons. The van der Waals surface area contributed by atoms with E-state index in [-0.39, 0.29) is 0 Å². The molecule has 20 heavy (non-hydrogen) atoms. The van der Waals surface area contributed by atoms with Gasteiger partial charge in [-0.1, -0.05) is 15.9 Å². The van der Waals surface area contributed by atoms with E-state index in [1.54, 1.807) is 17.4 Å². The van der Waals surface area contributed by atoms with Gasteiger partial charge in [0, 0.05) is 29.8 Å². The van der Waals surface area contributed by atoms with Crippen LogP contribution in [0, 0.1) is 0 Å². The van der Waals surface area contributed by atoms with Gasteiger partial charge >= 0.3 is 5.97 Å². The van der Waals surface area contributed by atoms with Crippen LogP contribution in [0.4, 0.5) is 5.69 Å². The predicted molar refractivity (Wildman–Crippen MR) is 87.2 cm³/mol. The molecule has 3 nitrogen and oxygen atoms in total. The Morgan fingerprint density at radius 1 is 1.45 bits per heavy atom. The van der Waals surface area contributed by atoms with Gasteiger partial charge in [-0.05, 0) is 52.2 Å². The lowest BCUT2D eigenvalue weighted by Gasteiger charge is -2.21. The molecule has 0 amide bonds. The number of anilines is 1. The second-order valence-corrected chi connectivity index (χ2v) is 6.06. The summed E-state index contributed by atoms with van der Waals surface area (Å²) in [5.74, 6) is -0.948. The molecule has 1 N–H and O–H groups in total. The average Bonchev–Trinajstić information content (AvgIpc) is 2.89. The number of carboxylic acids is 1. The van der Waals surface area contributed by atoms with Gasteiger partial charge in [-0.25, -0.2) is 4.79 Å². The van der Waals surface area contributed by atoms with E-state index in [9.17, 15) is 4.79 Å². The van der Waals surface area contributed by atoms with Crippen molar-refractivity contribution in [2.75, 3.05) is 11.9 Å². The molecular formula is C15H14BrNO2S. The van der Waals surface area contributed by atoms with Crippen molar-refractivity contribution in [3.8, 4) is 0 Å². The lowest BCUT2D eigenvalue weighted by molar-refractivity contribution is -0.131. The summed E-state index contributed by atoms with van der Waals surface area (Å²) < 4.78 is 0.926. The minimum atomic E-state index is -0.948. The number of halogens is 1. The Morgan fingerprint density at radius 2 is 2.25 bits per heavy atom. The van der Waals surface area contributed by atoms with Gasteiger partial charge in [-0.15, -0.1) is 0 Å². The number of hydrogen-bond acceptors (Lipinski definition) is 3. The van der Waals surface area contributed by atoms with Gasteiger partial charge in [-0.2, -0.15) is 11.3 Å². The third-order valence-electron chi connectivity index (χ3n) is 2.81. The van der Waals surface area contributed by atoms with Crippen LogP contribution in [0.25, 0.3) is 6.08 Å². The maximum absolute atomic E-state index is 10.7. The van der Waals surface area contributed by atoms with Crippen LogP contribution in [0.5, 0.6) is 0 Å². The fourth-order valence-corrected chi connectivity index (χ4v) is 2.95. The van der Waals surface area contributed by atoms with Crippen molar-refractivity contribution in [1.82, 2.24) is 0 Å². The van der Waals surface area contributed by atoms with Crippen LogP contribution in [0.1, 0.15) is 11.1 Å². The molecule has 1 aromatic carbocycles. The first-order valence-corrected chi connectivity index (χ1v) is 7.72. The van der Waals surface area contributed by atoms with E-state index in [1.807, 2.05) is 25.2 Å². The van der Waals surface area contributed by atoms with Crippen LogP contribution in [0.2, 0.25) is 0 Å². The number of carboxylic acid groups (broad SMARTS) is 1. The molecule has 0 spiro atoms. The molecule has 2 rings (SSSR count). The van der Waals surface area contributed by atoms with E-state index in [1.165, 1.54) is 5.56 Å². The van der Waals surface area contributed by atoms with Crippen molar-refractivity contribution in [1.29, 1.82) is 0 Å². The van der Waals surface area contributed by atoms with Gasteiger partial charge in [0.15, 0.2) is 0 Å². The summed E-state index contributed by atoms with van der Waals surface area (Å²) in [6.45, 7) is 0.791. The second kappa shape index (κ2) is 6.72. The summed E-state index contributed by atoms with van der Waals surface area (Å²) in [5, 5.41) is 12.9. The number of carbonyl (C=O) groups is 1. The fourth-order valence-electron chi connectivity index (χ4n) is 1.91. The fraction of sp³-hybridized carbons (Fsp3) is 0.133. The Bertz CT molecular complexity index is 623. The van der Waals surface area contributed by atoms with Crippen LogP contribution < -0.4 is 4.90 Å². The number of thiophene rings is 1. The SMILES string of the molecule is CN(Cc1ccsc1)c1ccc(Br)cc1/C=C/C(=O)O. The van der Waals surface area contributed by atoms with Crippen molar-refractivity contribution in [3.63, 3.8) is 0 Å². The third kappa shape index (κ3) is 3.95. The second-order valence-electron chi connectivity index (χ2n) is 4.36. The lowest BCUT2D eigenvalue weighted by atomic mass is 10.1. The first kappa shape index (κ1) is 14.8.